The van der Waals surface area contributed by atoms with E-state index < -0.39 is 11.9 Å². The van der Waals surface area contributed by atoms with Crippen molar-refractivity contribution in [2.75, 3.05) is 13.2 Å². The van der Waals surface area contributed by atoms with E-state index in [2.05, 4.69) is 27.7 Å². The predicted octanol–water partition coefficient (Wildman–Crippen LogP) is 1.16. The standard InChI is InChI=1S/C10H14O5/c1-7(2)9(11)13-5-6-14-15-10(12)8(3)4/h1,3,5-6H2,2,4H3. The zero-order valence-corrected chi connectivity index (χ0v) is 8.87. The third-order valence-corrected chi connectivity index (χ3v) is 1.23. The van der Waals surface area contributed by atoms with Gasteiger partial charge in [-0.3, -0.25) is 4.89 Å². The fraction of sp³-hybridized carbons (Fsp3) is 0.400. The van der Waals surface area contributed by atoms with Crippen molar-refractivity contribution in [2.24, 2.45) is 0 Å². The molecule has 84 valence electrons. The summed E-state index contributed by atoms with van der Waals surface area (Å²) in [7, 11) is 0. The maximum Gasteiger partial charge on any atom is 0.368 e. The van der Waals surface area contributed by atoms with Gasteiger partial charge in [0, 0.05) is 11.1 Å². The number of rotatable bonds is 6. The molecule has 0 saturated heterocycles. The lowest BCUT2D eigenvalue weighted by atomic mass is 10.4. The minimum atomic E-state index is -0.652. The largest absolute Gasteiger partial charge is 0.460 e. The van der Waals surface area contributed by atoms with E-state index in [1.807, 2.05) is 0 Å². The first-order valence-electron chi connectivity index (χ1n) is 4.27. The Morgan fingerprint density at radius 1 is 1.00 bits per heavy atom. The molecule has 0 aliphatic heterocycles. The van der Waals surface area contributed by atoms with Crippen LogP contribution in [0.15, 0.2) is 24.3 Å². The quantitative estimate of drug-likeness (QED) is 0.218. The molecule has 0 amide bonds. The maximum atomic E-state index is 10.8. The molecule has 0 radical (unpaired) electrons. The molecule has 5 nitrogen and oxygen atoms in total. The molecule has 0 aromatic rings. The van der Waals surface area contributed by atoms with Gasteiger partial charge in [0.15, 0.2) is 0 Å². The van der Waals surface area contributed by atoms with Crippen molar-refractivity contribution in [2.45, 2.75) is 13.8 Å². The maximum absolute atomic E-state index is 10.8. The van der Waals surface area contributed by atoms with Crippen LogP contribution in [0.5, 0.6) is 0 Å². The first kappa shape index (κ1) is 13.4. The van der Waals surface area contributed by atoms with Crippen LogP contribution in [0.4, 0.5) is 0 Å². The van der Waals surface area contributed by atoms with Gasteiger partial charge in [-0.25, -0.2) is 9.59 Å². The second-order valence-electron chi connectivity index (χ2n) is 2.89. The highest BCUT2D eigenvalue weighted by molar-refractivity contribution is 5.87. The number of hydrogen-bond acceptors (Lipinski definition) is 5. The molecular formula is C10H14O5. The Labute approximate surface area is 88.2 Å². The molecule has 0 bridgehead atoms. The normalized spacial score (nSPS) is 9.20. The van der Waals surface area contributed by atoms with Crippen LogP contribution in [0.25, 0.3) is 0 Å². The smallest absolute Gasteiger partial charge is 0.368 e. The molecule has 5 heteroatoms. The van der Waals surface area contributed by atoms with Crippen molar-refractivity contribution in [1.82, 2.24) is 0 Å². The predicted molar refractivity (Wildman–Crippen MR) is 52.6 cm³/mol. The molecule has 0 fully saturated rings. The molecule has 15 heavy (non-hydrogen) atoms. The highest BCUT2D eigenvalue weighted by atomic mass is 17.2. The topological polar surface area (TPSA) is 61.8 Å². The van der Waals surface area contributed by atoms with Crippen molar-refractivity contribution in [1.29, 1.82) is 0 Å². The Kier molecular flexibility index (Phi) is 6.05. The van der Waals surface area contributed by atoms with E-state index in [9.17, 15) is 9.59 Å². The summed E-state index contributed by atoms with van der Waals surface area (Å²) in [6.07, 6.45) is 0. The zero-order chi connectivity index (χ0) is 11.8. The van der Waals surface area contributed by atoms with E-state index in [0.29, 0.717) is 5.57 Å². The highest BCUT2D eigenvalue weighted by Crippen LogP contribution is 1.94. The van der Waals surface area contributed by atoms with Crippen LogP contribution in [0, 0.1) is 0 Å². The van der Waals surface area contributed by atoms with Gasteiger partial charge in [0.05, 0.1) is 0 Å². The van der Waals surface area contributed by atoms with Crippen LogP contribution in [0.3, 0.4) is 0 Å². The van der Waals surface area contributed by atoms with Crippen LogP contribution in [-0.2, 0) is 24.1 Å². The number of carbonyl (C=O) groups is 2. The zero-order valence-electron chi connectivity index (χ0n) is 8.87. The summed E-state index contributed by atoms with van der Waals surface area (Å²) < 4.78 is 4.67. The molecule has 0 aliphatic carbocycles. The molecule has 0 aromatic heterocycles. The second-order valence-corrected chi connectivity index (χ2v) is 2.89. The summed E-state index contributed by atoms with van der Waals surface area (Å²) in [6, 6.07) is 0. The van der Waals surface area contributed by atoms with Crippen molar-refractivity contribution >= 4 is 11.9 Å². The van der Waals surface area contributed by atoms with Crippen LogP contribution in [-0.4, -0.2) is 25.2 Å². The molecule has 0 unspecified atom stereocenters. The molecule has 0 saturated carbocycles. The van der Waals surface area contributed by atoms with Crippen molar-refractivity contribution in [3.05, 3.63) is 24.3 Å². The molecule has 0 rings (SSSR count). The summed E-state index contributed by atoms with van der Waals surface area (Å²) >= 11 is 0. The number of ether oxygens (including phenoxy) is 1. The summed E-state index contributed by atoms with van der Waals surface area (Å²) in [5.74, 6) is -1.16. The molecular weight excluding hydrogens is 200 g/mol. The minimum absolute atomic E-state index is 0.00480. The van der Waals surface area contributed by atoms with Crippen LogP contribution in [0.2, 0.25) is 0 Å². The first-order chi connectivity index (χ1) is 6.95. The molecule has 0 N–H and O–H groups in total. The monoisotopic (exact) mass is 214 g/mol. The SMILES string of the molecule is C=C(C)C(=O)OCCOOC(=O)C(=C)C. The molecule has 0 atom stereocenters. The fourth-order valence-electron chi connectivity index (χ4n) is 0.458. The molecule has 0 aliphatic rings. The van der Waals surface area contributed by atoms with E-state index >= 15 is 0 Å². The Balaban J connectivity index is 3.48. The Hall–Kier alpha value is -1.62. The van der Waals surface area contributed by atoms with Crippen LogP contribution < -0.4 is 0 Å². The summed E-state index contributed by atoms with van der Waals surface area (Å²) in [5.41, 5.74) is 0.530. The van der Waals surface area contributed by atoms with E-state index in [1.54, 1.807) is 0 Å². The van der Waals surface area contributed by atoms with Gasteiger partial charge >= 0.3 is 11.9 Å². The van der Waals surface area contributed by atoms with Gasteiger partial charge in [0.25, 0.3) is 0 Å². The Bertz CT molecular complexity index is 252. The van der Waals surface area contributed by atoms with Crippen molar-refractivity contribution in [3.63, 3.8) is 0 Å². The lowest BCUT2D eigenvalue weighted by molar-refractivity contribution is -0.271. The average Bonchev–Trinajstić information content (AvgIpc) is 2.16. The number of esters is 1. The van der Waals surface area contributed by atoms with Gasteiger partial charge in [-0.2, -0.15) is 4.89 Å². The summed E-state index contributed by atoms with van der Waals surface area (Å²) in [6.45, 7) is 9.74. The van der Waals surface area contributed by atoms with Gasteiger partial charge in [0.1, 0.15) is 13.2 Å². The third kappa shape index (κ3) is 6.45. The minimum Gasteiger partial charge on any atom is -0.460 e. The Morgan fingerprint density at radius 2 is 1.53 bits per heavy atom. The summed E-state index contributed by atoms with van der Waals surface area (Å²) in [5, 5.41) is 0. The number of carbonyl (C=O) groups excluding carboxylic acids is 2. The van der Waals surface area contributed by atoms with E-state index in [4.69, 9.17) is 0 Å². The molecule has 0 spiro atoms. The van der Waals surface area contributed by atoms with Gasteiger partial charge in [-0.15, -0.1) is 0 Å². The van der Waals surface area contributed by atoms with Crippen LogP contribution in [0.1, 0.15) is 13.8 Å². The molecule has 0 aromatic carbocycles. The van der Waals surface area contributed by atoms with E-state index in [-0.39, 0.29) is 18.8 Å². The van der Waals surface area contributed by atoms with Crippen molar-refractivity contribution in [3.8, 4) is 0 Å². The highest BCUT2D eigenvalue weighted by Gasteiger charge is 2.05. The molecule has 0 heterocycles. The van der Waals surface area contributed by atoms with Gasteiger partial charge in [-0.1, -0.05) is 13.2 Å². The third-order valence-electron chi connectivity index (χ3n) is 1.23. The van der Waals surface area contributed by atoms with E-state index in [0.717, 1.165) is 0 Å². The van der Waals surface area contributed by atoms with Crippen LogP contribution >= 0.6 is 0 Å². The summed E-state index contributed by atoms with van der Waals surface area (Å²) in [4.78, 5) is 30.4. The second kappa shape index (κ2) is 6.78. The van der Waals surface area contributed by atoms with Crippen molar-refractivity contribution < 1.29 is 24.1 Å². The fourth-order valence-corrected chi connectivity index (χ4v) is 0.458. The lowest BCUT2D eigenvalue weighted by Gasteiger charge is -2.04. The number of hydrogen-bond donors (Lipinski definition) is 0. The Morgan fingerprint density at radius 3 is 2.00 bits per heavy atom. The van der Waals surface area contributed by atoms with Gasteiger partial charge < -0.3 is 4.74 Å². The lowest BCUT2D eigenvalue weighted by Crippen LogP contribution is -2.13. The van der Waals surface area contributed by atoms with E-state index in [1.165, 1.54) is 13.8 Å². The average molecular weight is 214 g/mol. The van der Waals surface area contributed by atoms with Gasteiger partial charge in [0.2, 0.25) is 0 Å². The van der Waals surface area contributed by atoms with Gasteiger partial charge in [-0.05, 0) is 13.8 Å². The first-order valence-corrected chi connectivity index (χ1v) is 4.27.